The molecular formula is C14H18ClF3N2. The molecule has 6 heteroatoms. The molecule has 2 fully saturated rings. The summed E-state index contributed by atoms with van der Waals surface area (Å²) < 4.78 is 39.7. The van der Waals surface area contributed by atoms with Gasteiger partial charge in [0.15, 0.2) is 11.6 Å². The third-order valence-electron chi connectivity index (χ3n) is 4.09. The minimum Gasteiger partial charge on any atom is -0.310 e. The summed E-state index contributed by atoms with van der Waals surface area (Å²) in [6.07, 6.45) is 3.38. The Morgan fingerprint density at radius 3 is 2.50 bits per heavy atom. The number of hydrogen-bond acceptors (Lipinski definition) is 2. The van der Waals surface area contributed by atoms with E-state index in [1.165, 1.54) is 6.42 Å². The molecule has 3 rings (SSSR count). The van der Waals surface area contributed by atoms with Gasteiger partial charge in [0.25, 0.3) is 0 Å². The normalized spacial score (nSPS) is 26.1. The number of halogens is 4. The average molecular weight is 307 g/mol. The minimum atomic E-state index is -1.13. The fourth-order valence-electron chi connectivity index (χ4n) is 3.08. The largest absolute Gasteiger partial charge is 0.310 e. The molecule has 2 aliphatic heterocycles. The van der Waals surface area contributed by atoms with Crippen molar-refractivity contribution in [1.29, 1.82) is 0 Å². The van der Waals surface area contributed by atoms with Gasteiger partial charge in [-0.2, -0.15) is 0 Å². The van der Waals surface area contributed by atoms with Crippen LogP contribution in [0.15, 0.2) is 12.1 Å². The molecule has 0 aromatic heterocycles. The van der Waals surface area contributed by atoms with Crippen LogP contribution < -0.4 is 5.32 Å². The monoisotopic (exact) mass is 306 g/mol. The Balaban J connectivity index is 0.00000147. The maximum atomic E-state index is 13.6. The van der Waals surface area contributed by atoms with E-state index < -0.39 is 17.5 Å². The van der Waals surface area contributed by atoms with Crippen molar-refractivity contribution in [1.82, 2.24) is 10.2 Å². The van der Waals surface area contributed by atoms with Crippen molar-refractivity contribution >= 4 is 12.4 Å². The first-order valence-electron chi connectivity index (χ1n) is 6.73. The molecular weight excluding hydrogens is 289 g/mol. The molecule has 2 aliphatic rings. The standard InChI is InChI=1S/C14H17F3N2.ClH/c15-12-6-14(17)13(16)5-9(12)7-19-4-3-10-1-2-11(8-19)18-10;/h5-6,10-11,18H,1-4,7-8H2;1H. The van der Waals surface area contributed by atoms with Crippen LogP contribution in [-0.2, 0) is 6.54 Å². The molecule has 0 aliphatic carbocycles. The van der Waals surface area contributed by atoms with Crippen molar-refractivity contribution in [2.24, 2.45) is 0 Å². The van der Waals surface area contributed by atoms with Crippen LogP contribution in [0.1, 0.15) is 24.8 Å². The van der Waals surface area contributed by atoms with Gasteiger partial charge in [-0.25, -0.2) is 13.2 Å². The van der Waals surface area contributed by atoms with Gasteiger partial charge in [0.05, 0.1) is 0 Å². The van der Waals surface area contributed by atoms with E-state index in [1.807, 2.05) is 0 Å². The van der Waals surface area contributed by atoms with E-state index >= 15 is 0 Å². The van der Waals surface area contributed by atoms with E-state index in [0.717, 1.165) is 32.0 Å². The lowest BCUT2D eigenvalue weighted by Crippen LogP contribution is -2.35. The molecule has 2 atom stereocenters. The van der Waals surface area contributed by atoms with Crippen LogP contribution in [0, 0.1) is 17.5 Å². The lowest BCUT2D eigenvalue weighted by molar-refractivity contribution is 0.247. The van der Waals surface area contributed by atoms with E-state index in [1.54, 1.807) is 0 Å². The lowest BCUT2D eigenvalue weighted by atomic mass is 10.1. The van der Waals surface area contributed by atoms with Crippen LogP contribution in [0.3, 0.4) is 0 Å². The zero-order chi connectivity index (χ0) is 13.4. The zero-order valence-electron chi connectivity index (χ0n) is 11.0. The molecule has 2 saturated heterocycles. The van der Waals surface area contributed by atoms with E-state index in [2.05, 4.69) is 10.2 Å². The van der Waals surface area contributed by atoms with Crippen molar-refractivity contribution in [2.45, 2.75) is 37.9 Å². The smallest absolute Gasteiger partial charge is 0.161 e. The van der Waals surface area contributed by atoms with E-state index in [0.29, 0.717) is 24.7 Å². The molecule has 2 heterocycles. The highest BCUT2D eigenvalue weighted by atomic mass is 35.5. The molecule has 1 aromatic rings. The number of benzene rings is 1. The number of fused-ring (bicyclic) bond motifs is 2. The van der Waals surface area contributed by atoms with Crippen molar-refractivity contribution < 1.29 is 13.2 Å². The SMILES string of the molecule is Cl.Fc1cc(F)c(CN2CCC3CCC(C2)N3)cc1F. The molecule has 1 N–H and O–H groups in total. The van der Waals surface area contributed by atoms with Gasteiger partial charge in [-0.3, -0.25) is 4.90 Å². The second-order valence-electron chi connectivity index (χ2n) is 5.52. The van der Waals surface area contributed by atoms with Gasteiger partial charge in [0, 0.05) is 43.3 Å². The van der Waals surface area contributed by atoms with E-state index in [9.17, 15) is 13.2 Å². The summed E-state index contributed by atoms with van der Waals surface area (Å²) in [6, 6.07) is 2.61. The van der Waals surface area contributed by atoms with Gasteiger partial charge in [-0.05, 0) is 25.3 Å². The molecule has 2 unspecified atom stereocenters. The molecule has 0 amide bonds. The Labute approximate surface area is 122 Å². The first kappa shape index (κ1) is 15.6. The summed E-state index contributed by atoms with van der Waals surface area (Å²) >= 11 is 0. The number of likely N-dealkylation sites (tertiary alicyclic amines) is 1. The Bertz CT molecular complexity index is 484. The van der Waals surface area contributed by atoms with E-state index in [4.69, 9.17) is 0 Å². The van der Waals surface area contributed by atoms with E-state index in [-0.39, 0.29) is 18.0 Å². The molecule has 0 spiro atoms. The summed E-state index contributed by atoms with van der Waals surface area (Å²) in [4.78, 5) is 2.12. The number of nitrogens with one attached hydrogen (secondary N) is 1. The van der Waals surface area contributed by atoms with Crippen molar-refractivity contribution in [2.75, 3.05) is 13.1 Å². The van der Waals surface area contributed by atoms with Crippen molar-refractivity contribution in [3.63, 3.8) is 0 Å². The quantitative estimate of drug-likeness (QED) is 0.845. The van der Waals surface area contributed by atoms with Gasteiger partial charge < -0.3 is 5.32 Å². The Kier molecular flexibility index (Phi) is 4.94. The third-order valence-corrected chi connectivity index (χ3v) is 4.09. The molecule has 2 bridgehead atoms. The molecule has 2 nitrogen and oxygen atoms in total. The van der Waals surface area contributed by atoms with Crippen molar-refractivity contribution in [3.8, 4) is 0 Å². The summed E-state index contributed by atoms with van der Waals surface area (Å²) in [5.74, 6) is -2.77. The highest BCUT2D eigenvalue weighted by Gasteiger charge is 2.29. The molecule has 112 valence electrons. The Morgan fingerprint density at radius 1 is 1.00 bits per heavy atom. The Morgan fingerprint density at radius 2 is 1.70 bits per heavy atom. The van der Waals surface area contributed by atoms with Crippen LogP contribution in [0.5, 0.6) is 0 Å². The topological polar surface area (TPSA) is 15.3 Å². The van der Waals surface area contributed by atoms with Gasteiger partial charge >= 0.3 is 0 Å². The van der Waals surface area contributed by atoms with Crippen LogP contribution >= 0.6 is 12.4 Å². The lowest BCUT2D eigenvalue weighted by Gasteiger charge is -2.24. The fraction of sp³-hybridized carbons (Fsp3) is 0.571. The van der Waals surface area contributed by atoms with Gasteiger partial charge in [0.1, 0.15) is 5.82 Å². The minimum absolute atomic E-state index is 0. The second-order valence-corrected chi connectivity index (χ2v) is 5.52. The van der Waals surface area contributed by atoms with Crippen LogP contribution in [0.25, 0.3) is 0 Å². The van der Waals surface area contributed by atoms with Gasteiger partial charge in [-0.15, -0.1) is 12.4 Å². The number of hydrogen-bond donors (Lipinski definition) is 1. The first-order valence-corrected chi connectivity index (χ1v) is 6.73. The highest BCUT2D eigenvalue weighted by Crippen LogP contribution is 2.22. The van der Waals surface area contributed by atoms with Gasteiger partial charge in [-0.1, -0.05) is 0 Å². The third kappa shape index (κ3) is 3.27. The molecule has 0 saturated carbocycles. The zero-order valence-corrected chi connectivity index (χ0v) is 11.9. The average Bonchev–Trinajstić information content (AvgIpc) is 2.69. The van der Waals surface area contributed by atoms with Crippen LogP contribution in [-0.4, -0.2) is 30.1 Å². The second kappa shape index (κ2) is 6.33. The molecule has 1 aromatic carbocycles. The van der Waals surface area contributed by atoms with Gasteiger partial charge in [0.2, 0.25) is 0 Å². The predicted molar refractivity (Wildman–Crippen MR) is 73.4 cm³/mol. The molecule has 0 radical (unpaired) electrons. The van der Waals surface area contributed by atoms with Crippen molar-refractivity contribution in [3.05, 3.63) is 35.1 Å². The van der Waals surface area contributed by atoms with Crippen LogP contribution in [0.2, 0.25) is 0 Å². The summed E-state index contributed by atoms with van der Waals surface area (Å²) in [5, 5.41) is 3.53. The maximum absolute atomic E-state index is 13.6. The maximum Gasteiger partial charge on any atom is 0.161 e. The first-order chi connectivity index (χ1) is 9.11. The predicted octanol–water partition coefficient (Wildman–Crippen LogP) is 2.85. The fourth-order valence-corrected chi connectivity index (χ4v) is 3.08. The highest BCUT2D eigenvalue weighted by molar-refractivity contribution is 5.85. The van der Waals surface area contributed by atoms with Crippen LogP contribution in [0.4, 0.5) is 13.2 Å². The summed E-state index contributed by atoms with van der Waals surface area (Å²) in [7, 11) is 0. The number of nitrogens with zero attached hydrogens (tertiary/aromatic N) is 1. The molecule has 20 heavy (non-hydrogen) atoms. The summed E-state index contributed by atoms with van der Waals surface area (Å²) in [5.41, 5.74) is 0.233. The Hall–Kier alpha value is -0.780. The number of rotatable bonds is 2. The summed E-state index contributed by atoms with van der Waals surface area (Å²) in [6.45, 7) is 2.05.